The molecule has 0 aliphatic rings. The predicted molar refractivity (Wildman–Crippen MR) is 132 cm³/mol. The molecule has 1 N–H and O–H groups in total. The van der Waals surface area contributed by atoms with Gasteiger partial charge in [0.2, 0.25) is 0 Å². The Morgan fingerprint density at radius 1 is 0.706 bits per heavy atom. The molecule has 0 radical (unpaired) electrons. The van der Waals surface area contributed by atoms with Gasteiger partial charge in [0.25, 0.3) is 5.69 Å². The van der Waals surface area contributed by atoms with Crippen LogP contribution in [-0.2, 0) is 12.1 Å². The third kappa shape index (κ3) is 4.63. The Labute approximate surface area is 198 Å². The minimum atomic E-state index is -0.693. The number of ether oxygens (including phenoxy) is 2. The maximum atomic E-state index is 11.1. The van der Waals surface area contributed by atoms with E-state index in [0.717, 1.165) is 33.8 Å². The van der Waals surface area contributed by atoms with Crippen LogP contribution in [0.2, 0.25) is 0 Å². The molecule has 6 nitrogen and oxygen atoms in total. The highest BCUT2D eigenvalue weighted by Gasteiger charge is 2.36. The number of nitro groups is 1. The van der Waals surface area contributed by atoms with E-state index in [1.807, 2.05) is 42.5 Å². The monoisotopic (exact) mass is 454 g/mol. The van der Waals surface area contributed by atoms with Crippen LogP contribution < -0.4 is 14.8 Å². The second kappa shape index (κ2) is 10.2. The largest absolute Gasteiger partial charge is 0.497 e. The predicted octanol–water partition coefficient (Wildman–Crippen LogP) is 5.69. The van der Waals surface area contributed by atoms with Crippen molar-refractivity contribution in [2.24, 2.45) is 0 Å². The summed E-state index contributed by atoms with van der Waals surface area (Å²) >= 11 is 0. The molecule has 4 rings (SSSR count). The van der Waals surface area contributed by atoms with Crippen molar-refractivity contribution in [3.8, 4) is 11.5 Å². The number of nitrogens with zero attached hydrogens (tertiary/aromatic N) is 1. The number of nitrogens with one attached hydrogen (secondary N) is 1. The molecule has 4 aromatic carbocycles. The van der Waals surface area contributed by atoms with Crippen molar-refractivity contribution in [1.29, 1.82) is 0 Å². The van der Waals surface area contributed by atoms with E-state index >= 15 is 0 Å². The molecule has 0 heterocycles. The van der Waals surface area contributed by atoms with Crippen molar-refractivity contribution in [3.05, 3.63) is 135 Å². The van der Waals surface area contributed by atoms with Crippen LogP contribution in [0.4, 0.5) is 5.69 Å². The third-order valence-electron chi connectivity index (χ3n) is 5.96. The first kappa shape index (κ1) is 23.0. The van der Waals surface area contributed by atoms with Crippen molar-refractivity contribution < 1.29 is 14.4 Å². The van der Waals surface area contributed by atoms with Crippen molar-refractivity contribution >= 4 is 5.69 Å². The van der Waals surface area contributed by atoms with Crippen LogP contribution in [0, 0.1) is 10.1 Å². The standard InChI is InChI=1S/C28H26N2O4/c1-33-26-16-10-23(11-17-26)28(22-6-4-3-5-7-22,24-12-18-27(34-2)19-13-24)29-20-21-8-14-25(15-9-21)30(31)32/h3-19,29H,20H2,1-2H3. The van der Waals surface area contributed by atoms with E-state index in [0.29, 0.717) is 6.54 Å². The molecule has 0 amide bonds. The quantitative estimate of drug-likeness (QED) is 0.200. The van der Waals surface area contributed by atoms with Crippen LogP contribution in [0.5, 0.6) is 11.5 Å². The minimum absolute atomic E-state index is 0.0726. The van der Waals surface area contributed by atoms with Crippen LogP contribution >= 0.6 is 0 Å². The zero-order chi connectivity index (χ0) is 24.0. The Morgan fingerprint density at radius 3 is 1.62 bits per heavy atom. The Bertz CT molecular complexity index is 1170. The number of methoxy groups -OCH3 is 2. The SMILES string of the molecule is COc1ccc(C(NCc2ccc([N+](=O)[O-])cc2)(c2ccccc2)c2ccc(OC)cc2)cc1. The second-order valence-electron chi connectivity index (χ2n) is 7.85. The summed E-state index contributed by atoms with van der Waals surface area (Å²) in [6, 6.07) is 32.9. The maximum absolute atomic E-state index is 11.1. The topological polar surface area (TPSA) is 73.6 Å². The van der Waals surface area contributed by atoms with Crippen LogP contribution in [0.25, 0.3) is 0 Å². The number of rotatable bonds is 9. The number of non-ortho nitro benzene ring substituents is 1. The molecule has 0 aromatic heterocycles. The van der Waals surface area contributed by atoms with E-state index in [2.05, 4.69) is 41.7 Å². The molecule has 0 saturated carbocycles. The van der Waals surface area contributed by atoms with Crippen LogP contribution in [-0.4, -0.2) is 19.1 Å². The molecule has 172 valence electrons. The lowest BCUT2D eigenvalue weighted by atomic mass is 9.76. The fraction of sp³-hybridized carbons (Fsp3) is 0.143. The summed E-state index contributed by atoms with van der Waals surface area (Å²) in [5.74, 6) is 1.55. The summed E-state index contributed by atoms with van der Waals surface area (Å²) in [5.41, 5.74) is 3.45. The molecule has 0 spiro atoms. The lowest BCUT2D eigenvalue weighted by Crippen LogP contribution is -2.44. The van der Waals surface area contributed by atoms with E-state index < -0.39 is 5.54 Å². The summed E-state index contributed by atoms with van der Waals surface area (Å²) in [4.78, 5) is 10.7. The molecule has 0 atom stereocenters. The molecule has 34 heavy (non-hydrogen) atoms. The second-order valence-corrected chi connectivity index (χ2v) is 7.85. The zero-order valence-electron chi connectivity index (χ0n) is 19.1. The Kier molecular flexibility index (Phi) is 6.90. The van der Waals surface area contributed by atoms with Gasteiger partial charge in [-0.05, 0) is 46.5 Å². The van der Waals surface area contributed by atoms with Crippen molar-refractivity contribution in [2.45, 2.75) is 12.1 Å². The molecule has 0 aliphatic heterocycles. The fourth-order valence-corrected chi connectivity index (χ4v) is 4.15. The van der Waals surface area contributed by atoms with Gasteiger partial charge in [-0.3, -0.25) is 15.4 Å². The first-order valence-corrected chi connectivity index (χ1v) is 10.9. The van der Waals surface area contributed by atoms with Crippen LogP contribution in [0.15, 0.2) is 103 Å². The lowest BCUT2D eigenvalue weighted by molar-refractivity contribution is -0.384. The van der Waals surface area contributed by atoms with E-state index in [-0.39, 0.29) is 10.6 Å². The summed E-state index contributed by atoms with van der Waals surface area (Å²) in [6.07, 6.45) is 0. The third-order valence-corrected chi connectivity index (χ3v) is 5.96. The number of hydrogen-bond donors (Lipinski definition) is 1. The number of nitro benzene ring substituents is 1. The Morgan fingerprint density at radius 2 is 1.18 bits per heavy atom. The van der Waals surface area contributed by atoms with Gasteiger partial charge in [0, 0.05) is 18.7 Å². The number of hydrogen-bond acceptors (Lipinski definition) is 5. The fourth-order valence-electron chi connectivity index (χ4n) is 4.15. The molecule has 0 unspecified atom stereocenters. The smallest absolute Gasteiger partial charge is 0.269 e. The summed E-state index contributed by atoms with van der Waals surface area (Å²) in [6.45, 7) is 0.491. The van der Waals surface area contributed by atoms with Gasteiger partial charge in [-0.25, -0.2) is 0 Å². The van der Waals surface area contributed by atoms with Crippen molar-refractivity contribution in [3.63, 3.8) is 0 Å². The molecule has 6 heteroatoms. The van der Waals surface area contributed by atoms with E-state index in [9.17, 15) is 10.1 Å². The highest BCUT2D eigenvalue weighted by atomic mass is 16.6. The minimum Gasteiger partial charge on any atom is -0.497 e. The molecule has 0 saturated heterocycles. The van der Waals surface area contributed by atoms with Crippen molar-refractivity contribution in [2.75, 3.05) is 14.2 Å². The van der Waals surface area contributed by atoms with Gasteiger partial charge in [0.1, 0.15) is 11.5 Å². The average molecular weight is 455 g/mol. The zero-order valence-corrected chi connectivity index (χ0v) is 19.1. The maximum Gasteiger partial charge on any atom is 0.269 e. The van der Waals surface area contributed by atoms with Gasteiger partial charge >= 0.3 is 0 Å². The summed E-state index contributed by atoms with van der Waals surface area (Å²) in [5, 5.41) is 14.8. The Hall–Kier alpha value is -4.16. The molecule has 0 bridgehead atoms. The van der Waals surface area contributed by atoms with E-state index in [1.54, 1.807) is 26.4 Å². The molecule has 4 aromatic rings. The Balaban J connectivity index is 1.84. The van der Waals surface area contributed by atoms with Gasteiger partial charge < -0.3 is 9.47 Å². The summed E-state index contributed by atoms with van der Waals surface area (Å²) in [7, 11) is 3.30. The normalized spacial score (nSPS) is 11.1. The van der Waals surface area contributed by atoms with Gasteiger partial charge in [-0.1, -0.05) is 66.7 Å². The van der Waals surface area contributed by atoms with E-state index in [4.69, 9.17) is 9.47 Å². The van der Waals surface area contributed by atoms with Gasteiger partial charge in [-0.2, -0.15) is 0 Å². The average Bonchev–Trinajstić information content (AvgIpc) is 2.90. The molecule has 0 aliphatic carbocycles. The first-order valence-electron chi connectivity index (χ1n) is 10.9. The van der Waals surface area contributed by atoms with Gasteiger partial charge in [0.05, 0.1) is 24.7 Å². The van der Waals surface area contributed by atoms with Crippen molar-refractivity contribution in [1.82, 2.24) is 5.32 Å². The molecular weight excluding hydrogens is 428 g/mol. The highest BCUT2D eigenvalue weighted by molar-refractivity contribution is 5.51. The summed E-state index contributed by atoms with van der Waals surface area (Å²) < 4.78 is 10.8. The molecular formula is C28H26N2O4. The van der Waals surface area contributed by atoms with Gasteiger partial charge in [0.15, 0.2) is 0 Å². The van der Waals surface area contributed by atoms with E-state index in [1.165, 1.54) is 12.1 Å². The first-order chi connectivity index (χ1) is 16.6. The van der Waals surface area contributed by atoms with Crippen LogP contribution in [0.1, 0.15) is 22.3 Å². The lowest BCUT2D eigenvalue weighted by Gasteiger charge is -2.37. The van der Waals surface area contributed by atoms with Gasteiger partial charge in [-0.15, -0.1) is 0 Å². The highest BCUT2D eigenvalue weighted by Crippen LogP contribution is 2.38. The number of benzene rings is 4. The molecule has 0 fully saturated rings. The van der Waals surface area contributed by atoms with Crippen LogP contribution in [0.3, 0.4) is 0 Å².